The Labute approximate surface area is 510 Å². The minimum Gasteiger partial charge on any atom is -0.214 e. The first-order chi connectivity index (χ1) is 35.4. The van der Waals surface area contributed by atoms with Crippen molar-refractivity contribution < 1.29 is 0 Å². The van der Waals surface area contributed by atoms with Crippen molar-refractivity contribution in [2.45, 2.75) is 108 Å². The number of rotatable bonds is 0. The molecule has 0 aromatic heterocycles. The third kappa shape index (κ3) is 14.1. The van der Waals surface area contributed by atoms with Crippen LogP contribution in [0.15, 0.2) is 156 Å². The summed E-state index contributed by atoms with van der Waals surface area (Å²) in [5.74, 6) is 0. The molecule has 0 aliphatic heterocycles. The van der Waals surface area contributed by atoms with Gasteiger partial charge in [0, 0.05) is 32.7 Å². The van der Waals surface area contributed by atoms with E-state index in [4.69, 9.17) is 76.6 Å². The minimum absolute atomic E-state index is 0.114. The molecule has 0 saturated heterocycles. The molecule has 0 bridgehead atoms. The van der Waals surface area contributed by atoms with Gasteiger partial charge in [-0.15, -0.1) is 0 Å². The van der Waals surface area contributed by atoms with Gasteiger partial charge in [0.25, 0.3) is 3.25 Å². The van der Waals surface area contributed by atoms with Gasteiger partial charge >= 0.3 is 11.4 Å². The zero-order chi connectivity index (χ0) is 56.0. The Kier molecular flexibility index (Phi) is 19.4. The van der Waals surface area contributed by atoms with Crippen LogP contribution in [0.2, 0.25) is 0 Å². The van der Waals surface area contributed by atoms with Gasteiger partial charge in [-0.3, -0.25) is 0 Å². The molecule has 0 spiro atoms. The maximum Gasteiger partial charge on any atom is 0.643 e. The SMILES string of the molecule is BrBr.CC(C)(C)c1cc2ccc3cc(C(C)(C)C)c(Br)c4ccc(c1)c2c34.CC(C)(C)c1cc2ccc3cc(C(C)(C)C)cc4ccc(c1)c2c34.ClC(Cl)(Cl)Cl.[Cl][Al]([Cl])[Cl].c1cc2ccc3cccc4ccc(c1)c2c34. The van der Waals surface area contributed by atoms with Crippen LogP contribution >= 0.6 is 121 Å². The summed E-state index contributed by atoms with van der Waals surface area (Å²) in [6.45, 7) is 27.4. The number of halogens is 10. The zero-order valence-corrected chi connectivity index (χ0v) is 56.0. The fraction of sp³-hybridized carbons (Fsp3) is 0.262. The van der Waals surface area contributed by atoms with Crippen molar-refractivity contribution in [1.82, 2.24) is 0 Å². The van der Waals surface area contributed by atoms with Gasteiger partial charge in [-0.2, -0.15) is 0 Å². The summed E-state index contributed by atoms with van der Waals surface area (Å²) >= 11 is 27.0. The fourth-order valence-corrected chi connectivity index (χ4v) is 11.3. The van der Waals surface area contributed by atoms with E-state index in [9.17, 15) is 0 Å². The molecule has 76 heavy (non-hydrogen) atoms. The third-order valence-corrected chi connectivity index (χ3v) is 14.8. The molecule has 12 aromatic carbocycles. The quantitative estimate of drug-likeness (QED) is 0.0806. The molecule has 0 saturated carbocycles. The number of hydrogen-bond acceptors (Lipinski definition) is 0. The average Bonchev–Trinajstić information content (AvgIpc) is 3.33. The maximum absolute atomic E-state index is 4.94. The summed E-state index contributed by atoms with van der Waals surface area (Å²) in [5, 5.41) is 24.5. The lowest BCUT2D eigenvalue weighted by Crippen LogP contribution is -2.12. The van der Waals surface area contributed by atoms with Gasteiger partial charge in [-0.1, -0.05) is 275 Å². The van der Waals surface area contributed by atoms with Gasteiger partial charge in [0.05, 0.1) is 0 Å². The van der Waals surface area contributed by atoms with Crippen molar-refractivity contribution in [1.29, 1.82) is 0 Å². The Morgan fingerprint density at radius 3 is 0.776 bits per heavy atom. The highest BCUT2D eigenvalue weighted by Crippen LogP contribution is 2.45. The fourth-order valence-electron chi connectivity index (χ4n) is 10.2. The van der Waals surface area contributed by atoms with Crippen LogP contribution in [0.25, 0.3) is 97.0 Å². The molecule has 0 heterocycles. The zero-order valence-electron chi connectivity index (χ0n) is 44.8. The van der Waals surface area contributed by atoms with Crippen molar-refractivity contribution in [3.8, 4) is 0 Å². The van der Waals surface area contributed by atoms with E-state index < -0.39 is 14.6 Å². The van der Waals surface area contributed by atoms with Crippen LogP contribution in [0.3, 0.4) is 0 Å². The maximum atomic E-state index is 4.94. The Balaban J connectivity index is 0.000000153. The highest BCUT2D eigenvalue weighted by molar-refractivity contribution is 9.93. The molecule has 12 rings (SSSR count). The van der Waals surface area contributed by atoms with E-state index in [0.717, 1.165) is 0 Å². The lowest BCUT2D eigenvalue weighted by atomic mass is 9.81. The predicted molar refractivity (Wildman–Crippen MR) is 360 cm³/mol. The number of benzene rings is 12. The molecule has 0 nitrogen and oxygen atoms in total. The smallest absolute Gasteiger partial charge is 0.214 e. The van der Waals surface area contributed by atoms with E-state index in [0.29, 0.717) is 0 Å². The number of hydrogen-bond donors (Lipinski definition) is 0. The lowest BCUT2D eigenvalue weighted by Gasteiger charge is -2.25. The Morgan fingerprint density at radius 2 is 0.526 bits per heavy atom. The number of alkyl halides is 4. The molecule has 11 heteroatoms. The van der Waals surface area contributed by atoms with Gasteiger partial charge in [0.15, 0.2) is 0 Å². The topological polar surface area (TPSA) is 0 Å². The second-order valence-corrected chi connectivity index (χ2v) is 34.2. The van der Waals surface area contributed by atoms with Crippen molar-refractivity contribution >= 4 is 229 Å². The minimum atomic E-state index is -1.72. The Hall–Kier alpha value is -2.24. The predicted octanol–water partition coefficient (Wildman–Crippen LogP) is 25.6. The second kappa shape index (κ2) is 24.1. The van der Waals surface area contributed by atoms with E-state index in [-0.39, 0.29) is 21.7 Å². The van der Waals surface area contributed by atoms with Crippen molar-refractivity contribution in [2.75, 3.05) is 0 Å². The van der Waals surface area contributed by atoms with Gasteiger partial charge < -0.3 is 0 Å². The molecular formula is C65H61AlBr3Cl7. The highest BCUT2D eigenvalue weighted by Gasteiger charge is 2.24. The third-order valence-electron chi connectivity index (χ3n) is 14.0. The van der Waals surface area contributed by atoms with Gasteiger partial charge in [-0.05, 0) is 163 Å². The van der Waals surface area contributed by atoms with Gasteiger partial charge in [-0.25, -0.2) is 30.1 Å². The largest absolute Gasteiger partial charge is 0.643 e. The lowest BCUT2D eigenvalue weighted by molar-refractivity contribution is 0.588. The van der Waals surface area contributed by atoms with Gasteiger partial charge in [0.2, 0.25) is 0 Å². The first-order valence-corrected chi connectivity index (χ1v) is 36.2. The normalized spacial score (nSPS) is 12.3. The highest BCUT2D eigenvalue weighted by atomic mass is 80.9. The molecular weight excluding hydrogens is 1300 g/mol. The van der Waals surface area contributed by atoms with Crippen LogP contribution in [0.4, 0.5) is 0 Å². The van der Waals surface area contributed by atoms with Crippen molar-refractivity contribution in [2.24, 2.45) is 0 Å². The molecule has 0 amide bonds. The van der Waals surface area contributed by atoms with Crippen molar-refractivity contribution in [3.05, 3.63) is 178 Å². The monoisotopic (exact) mass is 1350 g/mol. The summed E-state index contributed by atoms with van der Waals surface area (Å²) in [6, 6.07) is 56.8. The molecule has 0 unspecified atom stereocenters. The van der Waals surface area contributed by atoms with E-state index >= 15 is 0 Å². The average molecular weight is 1360 g/mol. The molecule has 0 aliphatic carbocycles. The van der Waals surface area contributed by atoms with E-state index in [1.807, 2.05) is 0 Å². The first kappa shape index (κ1) is 61.4. The van der Waals surface area contributed by atoms with Crippen LogP contribution in [-0.4, -0.2) is 14.6 Å². The summed E-state index contributed by atoms with van der Waals surface area (Å²) in [6.07, 6.45) is 0. The summed E-state index contributed by atoms with van der Waals surface area (Å²) in [7, 11) is 14.8. The van der Waals surface area contributed by atoms with Crippen LogP contribution < -0.4 is 0 Å². The van der Waals surface area contributed by atoms with Crippen LogP contribution in [-0.2, 0) is 21.7 Å². The van der Waals surface area contributed by atoms with E-state index in [1.54, 1.807) is 0 Å². The summed E-state index contributed by atoms with van der Waals surface area (Å²) in [5.41, 5.74) is 6.19. The Morgan fingerprint density at radius 1 is 0.316 bits per heavy atom. The molecule has 12 aromatic rings. The van der Waals surface area contributed by atoms with Crippen molar-refractivity contribution in [3.63, 3.8) is 0 Å². The molecule has 0 N–H and O–H groups in total. The van der Waals surface area contributed by atoms with Crippen LogP contribution in [0, 0.1) is 0 Å². The van der Waals surface area contributed by atoms with E-state index in [2.05, 4.69) is 279 Å². The first-order valence-electron chi connectivity index (χ1n) is 25.0. The van der Waals surface area contributed by atoms with Gasteiger partial charge in [0.1, 0.15) is 0 Å². The van der Waals surface area contributed by atoms with Crippen LogP contribution in [0.1, 0.15) is 105 Å². The van der Waals surface area contributed by atoms with E-state index in [1.165, 1.54) is 124 Å². The Bertz CT molecular complexity index is 3640. The second-order valence-electron chi connectivity index (χ2n) is 23.5. The summed E-state index contributed by atoms with van der Waals surface area (Å²) in [4.78, 5) is 0. The molecule has 0 fully saturated rings. The van der Waals surface area contributed by atoms with Crippen LogP contribution in [0.5, 0.6) is 0 Å². The molecule has 0 radical (unpaired) electrons. The molecule has 0 atom stereocenters. The molecule has 394 valence electrons. The summed E-state index contributed by atoms with van der Waals surface area (Å²) < 4.78 is -0.373. The molecule has 0 aliphatic rings. The standard InChI is InChI=1S/C24H25Br.C24H26.C16H10.CCl4.Al.Br2.3ClH/c1-23(2,3)17-11-14-7-8-16-13-19(24(4,5)6)22(25)18-10-9-15(12-17)20(14)21(16)18;1-23(2,3)19-11-15-7-9-17-13-20(24(4,5)6)14-18-10-8-16(12-19)21(15)22(17)18;1-3-11-7-9-13-5-2-6-14-10-8-12(4-1)15(11)16(13)14;2-1(3,4)5;;1-2;;;/h7-13H,1-6H3;7-14H,1-6H3;1-10H;;;;3*1H/q;;;;+3;;;;/p-3.